The molecule has 7 heteroatoms. The van der Waals surface area contributed by atoms with Crippen LogP contribution in [0.2, 0.25) is 0 Å². The average molecular weight is 178 g/mol. The van der Waals surface area contributed by atoms with Crippen LogP contribution in [0.25, 0.3) is 0 Å². The van der Waals surface area contributed by atoms with E-state index in [1.807, 2.05) is 0 Å². The van der Waals surface area contributed by atoms with Gasteiger partial charge in [0.15, 0.2) is 12.1 Å². The fourth-order valence-corrected chi connectivity index (χ4v) is 0.667. The van der Waals surface area contributed by atoms with Gasteiger partial charge in [-0.05, 0) is 0 Å². The van der Waals surface area contributed by atoms with Gasteiger partial charge in [-0.15, -0.1) is 17.1 Å². The summed E-state index contributed by atoms with van der Waals surface area (Å²) in [6, 6.07) is 0.107. The number of hydroxylamine groups is 1. The highest BCUT2D eigenvalue weighted by atomic mass is 35.5. The van der Waals surface area contributed by atoms with Gasteiger partial charge in [0.25, 0.3) is 0 Å². The van der Waals surface area contributed by atoms with E-state index >= 15 is 0 Å². The van der Waals surface area contributed by atoms with Crippen LogP contribution in [0.5, 0.6) is 0 Å². The topological polar surface area (TPSA) is 98.0 Å². The maximum absolute atomic E-state index is 5.45. The number of guanidine groups is 1. The summed E-state index contributed by atoms with van der Waals surface area (Å²) in [5, 5.41) is 0. The SMILES string of the molecule is NC(N)=NC1=NC(CCl)NO1. The van der Waals surface area contributed by atoms with Gasteiger partial charge >= 0.3 is 6.02 Å². The Morgan fingerprint density at radius 2 is 2.55 bits per heavy atom. The van der Waals surface area contributed by atoms with Crippen LogP contribution in [0.4, 0.5) is 0 Å². The number of halogens is 1. The molecule has 62 valence electrons. The minimum Gasteiger partial charge on any atom is -0.370 e. The Balaban J connectivity index is 2.55. The first-order valence-electron chi connectivity index (χ1n) is 2.88. The van der Waals surface area contributed by atoms with Gasteiger partial charge in [-0.1, -0.05) is 0 Å². The van der Waals surface area contributed by atoms with E-state index in [-0.39, 0.29) is 18.1 Å². The number of nitrogens with two attached hydrogens (primary N) is 2. The first-order chi connectivity index (χ1) is 5.22. The van der Waals surface area contributed by atoms with Crippen molar-refractivity contribution in [3.63, 3.8) is 0 Å². The van der Waals surface area contributed by atoms with Crippen molar-refractivity contribution in [2.45, 2.75) is 6.17 Å². The first kappa shape index (κ1) is 8.09. The van der Waals surface area contributed by atoms with Crippen LogP contribution in [0, 0.1) is 0 Å². The molecule has 0 aromatic carbocycles. The number of amidine groups is 1. The third-order valence-corrected chi connectivity index (χ3v) is 1.22. The number of alkyl halides is 1. The molecule has 0 aromatic heterocycles. The molecule has 0 fully saturated rings. The summed E-state index contributed by atoms with van der Waals surface area (Å²) in [7, 11) is 0. The van der Waals surface area contributed by atoms with Crippen molar-refractivity contribution >= 4 is 23.6 Å². The Labute approximate surface area is 68.2 Å². The predicted octanol–water partition coefficient (Wildman–Crippen LogP) is -1.28. The standard InChI is InChI=1S/C4H8ClN5O/c5-1-2-8-4(11-10-2)9-3(6)7/h2,10H,1H2,(H4,6,7,8,9). The summed E-state index contributed by atoms with van der Waals surface area (Å²) in [4.78, 5) is 12.1. The van der Waals surface area contributed by atoms with E-state index in [9.17, 15) is 0 Å². The van der Waals surface area contributed by atoms with Crippen LogP contribution in [0.15, 0.2) is 9.98 Å². The van der Waals surface area contributed by atoms with Gasteiger partial charge in [0.1, 0.15) is 0 Å². The molecule has 6 nitrogen and oxygen atoms in total. The van der Waals surface area contributed by atoms with E-state index in [1.54, 1.807) is 0 Å². The second kappa shape index (κ2) is 3.40. The van der Waals surface area contributed by atoms with Gasteiger partial charge in [0, 0.05) is 0 Å². The van der Waals surface area contributed by atoms with Crippen molar-refractivity contribution in [2.75, 3.05) is 5.88 Å². The molecule has 0 aromatic rings. The quantitative estimate of drug-likeness (QED) is 0.264. The molecule has 0 aliphatic carbocycles. The van der Waals surface area contributed by atoms with E-state index in [1.165, 1.54) is 0 Å². The average Bonchev–Trinajstić information content (AvgIpc) is 2.34. The van der Waals surface area contributed by atoms with E-state index in [4.69, 9.17) is 27.9 Å². The third-order valence-electron chi connectivity index (χ3n) is 0.923. The number of nitrogens with one attached hydrogen (secondary N) is 1. The van der Waals surface area contributed by atoms with Crippen LogP contribution >= 0.6 is 11.6 Å². The summed E-state index contributed by atoms with van der Waals surface area (Å²) < 4.78 is 0. The van der Waals surface area contributed by atoms with Crippen molar-refractivity contribution in [1.82, 2.24) is 5.48 Å². The lowest BCUT2D eigenvalue weighted by atomic mass is 10.6. The van der Waals surface area contributed by atoms with Crippen LogP contribution < -0.4 is 16.9 Å². The molecule has 1 aliphatic rings. The summed E-state index contributed by atoms with van der Waals surface area (Å²) in [5.74, 6) is 0.213. The van der Waals surface area contributed by atoms with Crippen LogP contribution in [-0.4, -0.2) is 24.0 Å². The highest BCUT2D eigenvalue weighted by molar-refractivity contribution is 6.18. The van der Waals surface area contributed by atoms with E-state index < -0.39 is 0 Å². The molecule has 1 unspecified atom stereocenters. The lowest BCUT2D eigenvalue weighted by Gasteiger charge is -1.96. The summed E-state index contributed by atoms with van der Waals surface area (Å²) in [6.07, 6.45) is -0.269. The van der Waals surface area contributed by atoms with Gasteiger partial charge in [-0.3, -0.25) is 0 Å². The Bertz CT molecular complexity index is 199. The molecule has 0 radical (unpaired) electrons. The zero-order valence-corrected chi connectivity index (χ0v) is 6.38. The van der Waals surface area contributed by atoms with Gasteiger partial charge in [-0.25, -0.2) is 4.99 Å². The second-order valence-corrected chi connectivity index (χ2v) is 2.15. The monoisotopic (exact) mass is 177 g/mol. The van der Waals surface area contributed by atoms with Gasteiger partial charge in [0.05, 0.1) is 5.88 Å². The highest BCUT2D eigenvalue weighted by Crippen LogP contribution is 2.00. The Morgan fingerprint density at radius 3 is 3.00 bits per heavy atom. The maximum Gasteiger partial charge on any atom is 0.336 e. The zero-order chi connectivity index (χ0) is 8.27. The summed E-state index contributed by atoms with van der Waals surface area (Å²) in [6.45, 7) is 0. The summed E-state index contributed by atoms with van der Waals surface area (Å²) >= 11 is 5.45. The minimum atomic E-state index is -0.269. The fourth-order valence-electron chi connectivity index (χ4n) is 0.535. The molecule has 0 saturated heterocycles. The smallest absolute Gasteiger partial charge is 0.336 e. The van der Waals surface area contributed by atoms with E-state index in [0.717, 1.165) is 0 Å². The van der Waals surface area contributed by atoms with Crippen molar-refractivity contribution in [3.05, 3.63) is 0 Å². The molecule has 0 amide bonds. The largest absolute Gasteiger partial charge is 0.370 e. The fraction of sp³-hybridized carbons (Fsp3) is 0.500. The van der Waals surface area contributed by atoms with E-state index in [0.29, 0.717) is 5.88 Å². The molecule has 0 spiro atoms. The lowest BCUT2D eigenvalue weighted by Crippen LogP contribution is -2.25. The van der Waals surface area contributed by atoms with E-state index in [2.05, 4.69) is 15.5 Å². The van der Waals surface area contributed by atoms with Crippen LogP contribution in [0.3, 0.4) is 0 Å². The molecule has 0 bridgehead atoms. The Morgan fingerprint density at radius 1 is 1.82 bits per heavy atom. The maximum atomic E-state index is 5.45. The number of aliphatic imine (C=N–C) groups is 2. The number of hydrogen-bond acceptors (Lipinski definition) is 4. The second-order valence-electron chi connectivity index (χ2n) is 1.84. The molecule has 1 heterocycles. The molecular formula is C4H8ClN5O. The molecule has 1 rings (SSSR count). The molecular weight excluding hydrogens is 170 g/mol. The van der Waals surface area contributed by atoms with Gasteiger partial charge in [0.2, 0.25) is 0 Å². The first-order valence-corrected chi connectivity index (χ1v) is 3.41. The number of hydrogen-bond donors (Lipinski definition) is 3. The predicted molar refractivity (Wildman–Crippen MR) is 42.0 cm³/mol. The van der Waals surface area contributed by atoms with Gasteiger partial charge < -0.3 is 16.3 Å². The molecule has 11 heavy (non-hydrogen) atoms. The van der Waals surface area contributed by atoms with Crippen molar-refractivity contribution < 1.29 is 4.84 Å². The van der Waals surface area contributed by atoms with Crippen molar-refractivity contribution in [3.8, 4) is 0 Å². The zero-order valence-electron chi connectivity index (χ0n) is 5.62. The van der Waals surface area contributed by atoms with Crippen LogP contribution in [0.1, 0.15) is 0 Å². The highest BCUT2D eigenvalue weighted by Gasteiger charge is 2.16. The normalized spacial score (nSPS) is 22.3. The number of rotatable bonds is 1. The summed E-state index contributed by atoms with van der Waals surface area (Å²) in [5.41, 5.74) is 12.6. The third kappa shape index (κ3) is 2.24. The van der Waals surface area contributed by atoms with Crippen molar-refractivity contribution in [2.24, 2.45) is 21.5 Å². The molecule has 1 atom stereocenters. The Hall–Kier alpha value is -1.01. The van der Waals surface area contributed by atoms with Crippen LogP contribution in [-0.2, 0) is 4.84 Å². The molecule has 1 aliphatic heterocycles. The van der Waals surface area contributed by atoms with Gasteiger partial charge in [-0.2, -0.15) is 4.99 Å². The van der Waals surface area contributed by atoms with Crippen molar-refractivity contribution in [1.29, 1.82) is 0 Å². The lowest BCUT2D eigenvalue weighted by molar-refractivity contribution is 0.184. The Kier molecular flexibility index (Phi) is 2.50. The number of nitrogens with zero attached hydrogens (tertiary/aromatic N) is 2. The minimum absolute atomic E-state index is 0.0965. The molecule has 0 saturated carbocycles. The molecule has 5 N–H and O–H groups in total.